The zero-order chi connectivity index (χ0) is 42.6. The first-order chi connectivity index (χ1) is 32.1. The second-order valence-electron chi connectivity index (χ2n) is 19.5. The minimum Gasteiger partial charge on any atom is -0.310 e. The molecule has 6 aliphatic rings. The number of anilines is 3. The second kappa shape index (κ2) is 14.5. The van der Waals surface area contributed by atoms with E-state index in [4.69, 9.17) is 0 Å². The number of para-hydroxylation sites is 3. The van der Waals surface area contributed by atoms with Crippen LogP contribution in [0.5, 0.6) is 0 Å². The molecular formula is C62H48N2S. The summed E-state index contributed by atoms with van der Waals surface area (Å²) in [5, 5.41) is 7.76. The maximum Gasteiger partial charge on any atom is 0.0547 e. The summed E-state index contributed by atoms with van der Waals surface area (Å²) in [4.78, 5) is 2.57. The van der Waals surface area contributed by atoms with Crippen LogP contribution >= 0.6 is 11.3 Å². The number of rotatable bonds is 7. The molecule has 3 heteroatoms. The lowest BCUT2D eigenvalue weighted by Gasteiger charge is -2.58. The van der Waals surface area contributed by atoms with E-state index in [-0.39, 0.29) is 5.41 Å². The summed E-state index contributed by atoms with van der Waals surface area (Å²) >= 11 is 1.90. The van der Waals surface area contributed by atoms with Crippen LogP contribution in [0, 0.1) is 17.8 Å². The van der Waals surface area contributed by atoms with Crippen molar-refractivity contribution in [2.24, 2.45) is 17.8 Å². The third-order valence-electron chi connectivity index (χ3n) is 15.7. The van der Waals surface area contributed by atoms with Gasteiger partial charge in [-0.15, -0.1) is 11.3 Å². The lowest BCUT2D eigenvalue weighted by molar-refractivity contribution is -0.00536. The molecule has 0 aliphatic heterocycles. The number of thiophene rings is 1. The van der Waals surface area contributed by atoms with E-state index in [0.29, 0.717) is 0 Å². The highest BCUT2D eigenvalue weighted by Crippen LogP contribution is 2.63. The number of hydrogen-bond acceptors (Lipinski definition) is 2. The molecule has 17 rings (SSSR count). The van der Waals surface area contributed by atoms with Gasteiger partial charge in [0.05, 0.1) is 16.7 Å². The molecule has 0 radical (unpaired) electrons. The summed E-state index contributed by atoms with van der Waals surface area (Å²) < 4.78 is 5.18. The molecule has 0 N–H and O–H groups in total. The molecule has 2 aromatic heterocycles. The molecule has 4 bridgehead atoms. The lowest BCUT2D eigenvalue weighted by atomic mass is 9.47. The van der Waals surface area contributed by atoms with Gasteiger partial charge in [-0.05, 0) is 155 Å². The normalized spacial score (nSPS) is 20.2. The van der Waals surface area contributed by atoms with Gasteiger partial charge < -0.3 is 9.47 Å². The first-order valence-electron chi connectivity index (χ1n) is 23.7. The summed E-state index contributed by atoms with van der Waals surface area (Å²) in [7, 11) is 0. The third kappa shape index (κ3) is 5.91. The summed E-state index contributed by atoms with van der Waals surface area (Å²) in [5.41, 5.74) is 14.1. The summed E-state index contributed by atoms with van der Waals surface area (Å²) in [5.74, 6) is 2.71. The molecule has 2 nitrogen and oxygen atoms in total. The molecule has 2 heterocycles. The predicted octanol–water partition coefficient (Wildman–Crippen LogP) is 17.6. The van der Waals surface area contributed by atoms with E-state index in [9.17, 15) is 0 Å². The maximum atomic E-state index is 2.57. The first kappa shape index (κ1) is 37.4. The van der Waals surface area contributed by atoms with Gasteiger partial charge in [-0.1, -0.05) is 140 Å². The molecule has 0 saturated heterocycles. The molecule has 6 fully saturated rings. The van der Waals surface area contributed by atoms with Crippen LogP contribution in [0.25, 0.3) is 80.7 Å². The van der Waals surface area contributed by atoms with Crippen LogP contribution in [0.15, 0.2) is 200 Å². The maximum absolute atomic E-state index is 2.57. The smallest absolute Gasteiger partial charge is 0.0547 e. The zero-order valence-electron chi connectivity index (χ0n) is 36.3. The van der Waals surface area contributed by atoms with Crippen LogP contribution in [0.4, 0.5) is 17.1 Å². The Balaban J connectivity index is 0.899. The van der Waals surface area contributed by atoms with E-state index >= 15 is 0 Å². The SMILES string of the molecule is c1ccc(-n2c3ccccc3c3cc4ccccc4cc32)c(-c2ccc(N(c3ccc(-c4cccc5c4sc4ccccc45)cc3)c3ccccc3C34CC5CC(C5)CC(C3)C4)cc2)c1. The highest BCUT2D eigenvalue weighted by atomic mass is 32.1. The molecule has 312 valence electrons. The highest BCUT2D eigenvalue weighted by Gasteiger charge is 2.53. The van der Waals surface area contributed by atoms with E-state index in [2.05, 4.69) is 210 Å². The second-order valence-corrected chi connectivity index (χ2v) is 20.6. The first-order valence-corrected chi connectivity index (χ1v) is 24.5. The molecular weight excluding hydrogens is 805 g/mol. The highest BCUT2D eigenvalue weighted by molar-refractivity contribution is 7.26. The van der Waals surface area contributed by atoms with Gasteiger partial charge in [0, 0.05) is 53.6 Å². The Labute approximate surface area is 384 Å². The number of aromatic nitrogens is 1. The number of hydrogen-bond donors (Lipinski definition) is 0. The predicted molar refractivity (Wildman–Crippen MR) is 277 cm³/mol. The van der Waals surface area contributed by atoms with Gasteiger partial charge >= 0.3 is 0 Å². The number of nitrogens with zero attached hydrogens (tertiary/aromatic N) is 2. The van der Waals surface area contributed by atoms with E-state index in [1.807, 2.05) is 11.3 Å². The topological polar surface area (TPSA) is 8.17 Å². The van der Waals surface area contributed by atoms with Crippen LogP contribution in [0.1, 0.15) is 44.1 Å². The van der Waals surface area contributed by atoms with Crippen LogP contribution in [-0.2, 0) is 5.41 Å². The fourth-order valence-corrected chi connectivity index (χ4v) is 14.1. The van der Waals surface area contributed by atoms with Crippen molar-refractivity contribution in [3.8, 4) is 27.9 Å². The molecule has 0 spiro atoms. The van der Waals surface area contributed by atoms with E-state index < -0.39 is 0 Å². The Kier molecular flexibility index (Phi) is 8.37. The van der Waals surface area contributed by atoms with Crippen molar-refractivity contribution >= 4 is 81.1 Å². The van der Waals surface area contributed by atoms with Crippen LogP contribution < -0.4 is 4.90 Å². The van der Waals surface area contributed by atoms with Gasteiger partial charge in [0.2, 0.25) is 0 Å². The third-order valence-corrected chi connectivity index (χ3v) is 16.9. The van der Waals surface area contributed by atoms with Gasteiger partial charge in [-0.3, -0.25) is 0 Å². The minimum atomic E-state index is 0.249. The Hall–Kier alpha value is -6.94. The van der Waals surface area contributed by atoms with Gasteiger partial charge in [0.1, 0.15) is 0 Å². The number of fused-ring (bicyclic) bond motifs is 7. The molecule has 6 saturated carbocycles. The van der Waals surface area contributed by atoms with Crippen molar-refractivity contribution in [2.75, 3.05) is 4.90 Å². The molecule has 6 aliphatic carbocycles. The van der Waals surface area contributed by atoms with Crippen molar-refractivity contribution in [1.29, 1.82) is 0 Å². The fraction of sp³-hybridized carbons (Fsp3) is 0.161. The van der Waals surface area contributed by atoms with Crippen molar-refractivity contribution in [3.05, 3.63) is 206 Å². The summed E-state index contributed by atoms with van der Waals surface area (Å²) in [6.45, 7) is 0. The van der Waals surface area contributed by atoms with Gasteiger partial charge in [-0.2, -0.15) is 0 Å². The van der Waals surface area contributed by atoms with E-state index in [1.165, 1.54) is 142 Å². The van der Waals surface area contributed by atoms with Crippen molar-refractivity contribution in [3.63, 3.8) is 0 Å². The summed E-state index contributed by atoms with van der Waals surface area (Å²) in [6.07, 6.45) is 8.30. The van der Waals surface area contributed by atoms with Gasteiger partial charge in [0.25, 0.3) is 0 Å². The molecule has 0 amide bonds. The fourth-order valence-electron chi connectivity index (χ4n) is 12.9. The largest absolute Gasteiger partial charge is 0.310 e. The molecule has 0 atom stereocenters. The Morgan fingerprint density at radius 2 is 1.05 bits per heavy atom. The van der Waals surface area contributed by atoms with Crippen molar-refractivity contribution in [2.45, 2.75) is 43.9 Å². The monoisotopic (exact) mass is 852 g/mol. The van der Waals surface area contributed by atoms with Crippen LogP contribution in [0.3, 0.4) is 0 Å². The average Bonchev–Trinajstić information content (AvgIpc) is 3.86. The van der Waals surface area contributed by atoms with E-state index in [1.54, 1.807) is 0 Å². The Morgan fingerprint density at radius 3 is 1.86 bits per heavy atom. The molecule has 11 aromatic rings. The minimum absolute atomic E-state index is 0.249. The Bertz CT molecular complexity index is 3640. The van der Waals surface area contributed by atoms with Gasteiger partial charge in [0.15, 0.2) is 0 Å². The lowest BCUT2D eigenvalue weighted by Crippen LogP contribution is -2.49. The molecule has 0 unspecified atom stereocenters. The van der Waals surface area contributed by atoms with Crippen LogP contribution in [0.2, 0.25) is 0 Å². The molecule has 65 heavy (non-hydrogen) atoms. The number of benzene rings is 9. The van der Waals surface area contributed by atoms with E-state index in [0.717, 1.165) is 17.8 Å². The van der Waals surface area contributed by atoms with Crippen LogP contribution in [-0.4, -0.2) is 4.57 Å². The zero-order valence-corrected chi connectivity index (χ0v) is 37.1. The quantitative estimate of drug-likeness (QED) is 0.155. The Morgan fingerprint density at radius 1 is 0.446 bits per heavy atom. The average molecular weight is 853 g/mol. The van der Waals surface area contributed by atoms with Crippen molar-refractivity contribution < 1.29 is 0 Å². The van der Waals surface area contributed by atoms with Gasteiger partial charge in [-0.25, -0.2) is 0 Å². The summed E-state index contributed by atoms with van der Waals surface area (Å²) in [6, 6.07) is 75.2. The standard InChI is InChI=1S/C62H48N2S/c1-2-13-46-36-59-54(35-45(46)12-1)51-15-4-8-21-57(51)64(59)56-20-7-3-14-49(56)43-24-28-47(29-25-43)63(58-22-9-6-19-55(58)62-37-41-32-40(33-41)34-42(38-62)39-62)48-30-26-44(27-31-48)50-17-11-18-53-52-16-5-10-23-60(52)65-61(50)53/h1-31,35-36,40-42H,32-34,37-39H2. The molecule has 9 aromatic carbocycles. The van der Waals surface area contributed by atoms with Crippen molar-refractivity contribution in [1.82, 2.24) is 4.57 Å².